The fourth-order valence-electron chi connectivity index (χ4n) is 2.94. The lowest BCUT2D eigenvalue weighted by Crippen LogP contribution is -2.14. The highest BCUT2D eigenvalue weighted by Crippen LogP contribution is 2.22. The van der Waals surface area contributed by atoms with E-state index in [0.29, 0.717) is 5.82 Å². The highest BCUT2D eigenvalue weighted by molar-refractivity contribution is 6.01. The summed E-state index contributed by atoms with van der Waals surface area (Å²) in [7, 11) is 0. The highest BCUT2D eigenvalue weighted by atomic mass is 16.2. The Morgan fingerprint density at radius 3 is 2.21 bits per heavy atom. The number of hydrogen-bond donors (Lipinski definition) is 1. The van der Waals surface area contributed by atoms with E-state index in [0.717, 1.165) is 22.5 Å². The van der Waals surface area contributed by atoms with Crippen LogP contribution in [-0.4, -0.2) is 20.7 Å². The molecule has 0 saturated heterocycles. The molecule has 1 aromatic heterocycles. The molecule has 138 valence electrons. The van der Waals surface area contributed by atoms with Gasteiger partial charge in [-0.1, -0.05) is 54.6 Å². The highest BCUT2D eigenvalue weighted by Gasteiger charge is 2.19. The molecule has 3 aromatic carbocycles. The SMILES string of the molecule is Cc1ccc(NC(=O)c2nc(-c3ccccc3)n(-c3ccccc3)n2)cc1C. The molecule has 5 heteroatoms. The first-order chi connectivity index (χ1) is 13.6. The molecule has 0 bridgehead atoms. The number of aromatic nitrogens is 3. The van der Waals surface area contributed by atoms with Crippen LogP contribution < -0.4 is 5.32 Å². The first-order valence-electron chi connectivity index (χ1n) is 9.08. The predicted molar refractivity (Wildman–Crippen MR) is 111 cm³/mol. The standard InChI is InChI=1S/C23H20N4O/c1-16-13-14-19(15-17(16)2)24-23(28)21-25-22(18-9-5-3-6-10-18)27(26-21)20-11-7-4-8-12-20/h3-15H,1-2H3,(H,24,28). The Kier molecular flexibility index (Phi) is 4.72. The number of nitrogens with one attached hydrogen (secondary N) is 1. The van der Waals surface area contributed by atoms with Gasteiger partial charge in [-0.05, 0) is 49.2 Å². The number of anilines is 1. The molecule has 0 radical (unpaired) electrons. The molecule has 0 spiro atoms. The van der Waals surface area contributed by atoms with Crippen LogP contribution in [-0.2, 0) is 0 Å². The summed E-state index contributed by atoms with van der Waals surface area (Å²) in [5.74, 6) is 0.410. The third-order valence-electron chi connectivity index (χ3n) is 4.61. The summed E-state index contributed by atoms with van der Waals surface area (Å²) >= 11 is 0. The van der Waals surface area contributed by atoms with Crippen LogP contribution in [0.15, 0.2) is 78.9 Å². The lowest BCUT2D eigenvalue weighted by atomic mass is 10.1. The van der Waals surface area contributed by atoms with Gasteiger partial charge in [0.05, 0.1) is 5.69 Å². The van der Waals surface area contributed by atoms with E-state index in [4.69, 9.17) is 0 Å². The molecule has 5 nitrogen and oxygen atoms in total. The average Bonchev–Trinajstić information content (AvgIpc) is 3.18. The molecule has 4 rings (SSSR count). The Hall–Kier alpha value is -3.73. The van der Waals surface area contributed by atoms with E-state index >= 15 is 0 Å². The predicted octanol–water partition coefficient (Wildman–Crippen LogP) is 4.80. The first kappa shape index (κ1) is 17.7. The summed E-state index contributed by atoms with van der Waals surface area (Å²) < 4.78 is 1.70. The minimum absolute atomic E-state index is 0.126. The van der Waals surface area contributed by atoms with Crippen LogP contribution in [0.25, 0.3) is 17.1 Å². The number of amides is 1. The minimum Gasteiger partial charge on any atom is -0.319 e. The smallest absolute Gasteiger partial charge is 0.295 e. The van der Waals surface area contributed by atoms with Gasteiger partial charge in [0, 0.05) is 11.3 Å². The average molecular weight is 368 g/mol. The maximum Gasteiger partial charge on any atom is 0.295 e. The van der Waals surface area contributed by atoms with Gasteiger partial charge in [-0.25, -0.2) is 9.67 Å². The van der Waals surface area contributed by atoms with Crippen molar-refractivity contribution in [2.24, 2.45) is 0 Å². The second kappa shape index (κ2) is 7.48. The van der Waals surface area contributed by atoms with Crippen molar-refractivity contribution in [2.45, 2.75) is 13.8 Å². The van der Waals surface area contributed by atoms with Gasteiger partial charge in [0.1, 0.15) is 0 Å². The molecule has 0 saturated carbocycles. The molecule has 0 aliphatic rings. The topological polar surface area (TPSA) is 59.8 Å². The molecular formula is C23H20N4O. The van der Waals surface area contributed by atoms with Crippen molar-refractivity contribution in [1.82, 2.24) is 14.8 Å². The maximum absolute atomic E-state index is 12.8. The lowest BCUT2D eigenvalue weighted by molar-refractivity contribution is 0.101. The molecule has 28 heavy (non-hydrogen) atoms. The third-order valence-corrected chi connectivity index (χ3v) is 4.61. The molecule has 1 heterocycles. The summed E-state index contributed by atoms with van der Waals surface area (Å²) in [5, 5.41) is 7.38. The molecule has 0 fully saturated rings. The van der Waals surface area contributed by atoms with E-state index in [1.807, 2.05) is 92.7 Å². The largest absolute Gasteiger partial charge is 0.319 e. The molecule has 1 amide bonds. The molecular weight excluding hydrogens is 348 g/mol. The van der Waals surface area contributed by atoms with Crippen LogP contribution in [0.3, 0.4) is 0 Å². The number of para-hydroxylation sites is 1. The first-order valence-corrected chi connectivity index (χ1v) is 9.08. The Balaban J connectivity index is 1.72. The number of aryl methyl sites for hydroxylation is 2. The van der Waals surface area contributed by atoms with Crippen LogP contribution in [0.1, 0.15) is 21.7 Å². The van der Waals surface area contributed by atoms with E-state index in [1.165, 1.54) is 5.56 Å². The quantitative estimate of drug-likeness (QED) is 0.563. The zero-order valence-corrected chi connectivity index (χ0v) is 15.8. The summed E-state index contributed by atoms with van der Waals surface area (Å²) in [5.41, 5.74) is 4.76. The number of rotatable bonds is 4. The van der Waals surface area contributed by atoms with E-state index in [1.54, 1.807) is 4.68 Å². The van der Waals surface area contributed by atoms with Gasteiger partial charge in [-0.3, -0.25) is 4.79 Å². The molecule has 1 N–H and O–H groups in total. The number of benzene rings is 3. The zero-order chi connectivity index (χ0) is 19.5. The molecule has 0 aliphatic carbocycles. The number of carbonyl (C=O) groups is 1. The van der Waals surface area contributed by atoms with Crippen molar-refractivity contribution >= 4 is 11.6 Å². The minimum atomic E-state index is -0.338. The van der Waals surface area contributed by atoms with E-state index in [-0.39, 0.29) is 11.7 Å². The van der Waals surface area contributed by atoms with Crippen molar-refractivity contribution in [2.75, 3.05) is 5.32 Å². The molecule has 0 unspecified atom stereocenters. The monoisotopic (exact) mass is 368 g/mol. The van der Waals surface area contributed by atoms with Gasteiger partial charge in [0.15, 0.2) is 5.82 Å². The van der Waals surface area contributed by atoms with Crippen LogP contribution in [0, 0.1) is 13.8 Å². The van der Waals surface area contributed by atoms with Crippen LogP contribution in [0.4, 0.5) is 5.69 Å². The Morgan fingerprint density at radius 2 is 1.54 bits per heavy atom. The van der Waals surface area contributed by atoms with E-state index < -0.39 is 0 Å². The van der Waals surface area contributed by atoms with Crippen LogP contribution in [0.2, 0.25) is 0 Å². The van der Waals surface area contributed by atoms with Crippen LogP contribution >= 0.6 is 0 Å². The van der Waals surface area contributed by atoms with Gasteiger partial charge in [0.25, 0.3) is 5.91 Å². The molecule has 0 aliphatic heterocycles. The van der Waals surface area contributed by atoms with Gasteiger partial charge in [0.2, 0.25) is 5.82 Å². The van der Waals surface area contributed by atoms with Gasteiger partial charge >= 0.3 is 0 Å². The summed E-state index contributed by atoms with van der Waals surface area (Å²) in [6, 6.07) is 25.2. The van der Waals surface area contributed by atoms with Crippen molar-refractivity contribution < 1.29 is 4.79 Å². The van der Waals surface area contributed by atoms with Crippen LogP contribution in [0.5, 0.6) is 0 Å². The van der Waals surface area contributed by atoms with Crippen molar-refractivity contribution in [3.8, 4) is 17.1 Å². The number of nitrogens with zero attached hydrogens (tertiary/aromatic N) is 3. The Labute approximate surface area is 163 Å². The van der Waals surface area contributed by atoms with E-state index in [9.17, 15) is 4.79 Å². The summed E-state index contributed by atoms with van der Waals surface area (Å²) in [6.07, 6.45) is 0. The van der Waals surface area contributed by atoms with Crippen molar-refractivity contribution in [1.29, 1.82) is 0 Å². The fraction of sp³-hybridized carbons (Fsp3) is 0.0870. The number of hydrogen-bond acceptors (Lipinski definition) is 3. The Morgan fingerprint density at radius 1 is 0.857 bits per heavy atom. The van der Waals surface area contributed by atoms with Gasteiger partial charge in [-0.15, -0.1) is 5.10 Å². The fourth-order valence-corrected chi connectivity index (χ4v) is 2.94. The number of carbonyl (C=O) groups excluding carboxylic acids is 1. The summed E-state index contributed by atoms with van der Waals surface area (Å²) in [4.78, 5) is 17.3. The van der Waals surface area contributed by atoms with Crippen molar-refractivity contribution in [3.05, 3.63) is 95.8 Å². The third kappa shape index (κ3) is 3.55. The van der Waals surface area contributed by atoms with Gasteiger partial charge in [-0.2, -0.15) is 0 Å². The summed E-state index contributed by atoms with van der Waals surface area (Å²) in [6.45, 7) is 4.05. The van der Waals surface area contributed by atoms with Gasteiger partial charge < -0.3 is 5.32 Å². The zero-order valence-electron chi connectivity index (χ0n) is 15.8. The maximum atomic E-state index is 12.8. The lowest BCUT2D eigenvalue weighted by Gasteiger charge is -2.06. The molecule has 0 atom stereocenters. The second-order valence-corrected chi connectivity index (χ2v) is 6.63. The Bertz CT molecular complexity index is 1060. The second-order valence-electron chi connectivity index (χ2n) is 6.63. The molecule has 4 aromatic rings. The normalized spacial score (nSPS) is 10.6. The van der Waals surface area contributed by atoms with Crippen molar-refractivity contribution in [3.63, 3.8) is 0 Å². The van der Waals surface area contributed by atoms with E-state index in [2.05, 4.69) is 15.4 Å².